The topological polar surface area (TPSA) is 173 Å². The van der Waals surface area contributed by atoms with Crippen molar-refractivity contribution in [3.05, 3.63) is 53.4 Å². The highest BCUT2D eigenvalue weighted by atomic mass is 35.5. The Kier molecular flexibility index (Phi) is 6.71. The van der Waals surface area contributed by atoms with Crippen LogP contribution >= 0.6 is 11.6 Å². The van der Waals surface area contributed by atoms with Crippen LogP contribution in [0.2, 0.25) is 5.28 Å². The molecule has 182 valence electrons. The normalized spacial score (nSPS) is 24.5. The summed E-state index contributed by atoms with van der Waals surface area (Å²) in [5.41, 5.74) is 3.97. The molecule has 0 spiro atoms. The van der Waals surface area contributed by atoms with Crippen LogP contribution in [0.5, 0.6) is 0 Å². The maximum absolute atomic E-state index is 15.0. The van der Waals surface area contributed by atoms with E-state index >= 15 is 4.39 Å². The molecule has 2 aromatic heterocycles. The number of nitrogens with zero attached hydrogens (tertiary/aromatic N) is 3. The van der Waals surface area contributed by atoms with Gasteiger partial charge >= 0.3 is 5.97 Å². The van der Waals surface area contributed by atoms with Crippen LogP contribution in [-0.4, -0.2) is 77.8 Å². The molecule has 34 heavy (non-hydrogen) atoms. The average Bonchev–Trinajstić information content (AvgIpc) is 3.33. The smallest absolute Gasteiger partial charge is 0.341 e. The second kappa shape index (κ2) is 9.41. The zero-order valence-corrected chi connectivity index (χ0v) is 18.3. The second-order valence-corrected chi connectivity index (χ2v) is 8.22. The highest BCUT2D eigenvalue weighted by molar-refractivity contribution is 6.28. The Labute approximate surface area is 197 Å². The number of hydrogen-bond acceptors (Lipinski definition) is 9. The van der Waals surface area contributed by atoms with Crippen LogP contribution in [-0.2, 0) is 20.7 Å². The predicted molar refractivity (Wildman–Crippen MR) is 116 cm³/mol. The molecule has 1 aliphatic rings. The maximum atomic E-state index is 15.0. The third kappa shape index (κ3) is 4.31. The second-order valence-electron chi connectivity index (χ2n) is 7.88. The number of aliphatic hydroxyl groups excluding tert-OH is 2. The molecule has 1 fully saturated rings. The number of anilines is 1. The van der Waals surface area contributed by atoms with Crippen LogP contribution in [0.15, 0.2) is 42.6 Å². The minimum Gasteiger partial charge on any atom is -0.479 e. The lowest BCUT2D eigenvalue weighted by atomic mass is 9.93. The lowest BCUT2D eigenvalue weighted by Crippen LogP contribution is -2.55. The standard InChI is InChI=1S/C21H22ClFN4O7/c22-20-25-15(24)11-6-7-27(16(11)26-20)17-13(23)14(28)12(34-17)9-33-21(18(29)30,19(31)32)8-10-4-2-1-3-5-10/h1-7,12-14,17-18,28-30H,8-9H2,(H,31,32)(H2,24,25,26)/t12-,13+,14-,17-,21?/m1/s1. The molecule has 0 aliphatic carbocycles. The molecule has 3 aromatic rings. The average molecular weight is 497 g/mol. The molecule has 1 unspecified atom stereocenters. The molecule has 0 amide bonds. The summed E-state index contributed by atoms with van der Waals surface area (Å²) in [6, 6.07) is 9.73. The first kappa shape index (κ1) is 24.3. The van der Waals surface area contributed by atoms with E-state index in [9.17, 15) is 25.2 Å². The van der Waals surface area contributed by atoms with Crippen LogP contribution in [0.1, 0.15) is 11.8 Å². The van der Waals surface area contributed by atoms with Gasteiger partial charge in [-0.25, -0.2) is 14.2 Å². The number of carboxylic acid groups (broad SMARTS) is 1. The van der Waals surface area contributed by atoms with Crippen LogP contribution < -0.4 is 5.73 Å². The molecule has 1 saturated heterocycles. The highest BCUT2D eigenvalue weighted by Crippen LogP contribution is 2.36. The van der Waals surface area contributed by atoms with E-state index in [-0.39, 0.29) is 16.7 Å². The largest absolute Gasteiger partial charge is 0.479 e. The number of hydrogen-bond donors (Lipinski definition) is 5. The van der Waals surface area contributed by atoms with E-state index in [4.69, 9.17) is 26.8 Å². The number of ether oxygens (including phenoxy) is 2. The number of carbonyl (C=O) groups is 1. The van der Waals surface area contributed by atoms with Crippen LogP contribution in [0.4, 0.5) is 10.2 Å². The van der Waals surface area contributed by atoms with Gasteiger partial charge in [0.15, 0.2) is 18.7 Å². The number of nitrogens with two attached hydrogens (primary N) is 1. The number of aliphatic carboxylic acids is 1. The molecule has 0 bridgehead atoms. The van der Waals surface area contributed by atoms with Crippen molar-refractivity contribution in [3.63, 3.8) is 0 Å². The summed E-state index contributed by atoms with van der Waals surface area (Å²) < 4.78 is 27.4. The van der Waals surface area contributed by atoms with Gasteiger partial charge in [0.25, 0.3) is 0 Å². The summed E-state index contributed by atoms with van der Waals surface area (Å²) in [6.45, 7) is -0.647. The van der Waals surface area contributed by atoms with E-state index in [0.29, 0.717) is 10.9 Å². The SMILES string of the molecule is Nc1nc(Cl)nc2c1ccn2[C@@H]1O[C@H](COC(Cc2ccccc2)(C(=O)O)C(O)O)[C@@H](O)[C@@H]1F. The number of benzene rings is 1. The zero-order chi connectivity index (χ0) is 24.6. The lowest BCUT2D eigenvalue weighted by Gasteiger charge is -2.32. The van der Waals surface area contributed by atoms with E-state index in [1.165, 1.54) is 16.8 Å². The Morgan fingerprint density at radius 3 is 2.65 bits per heavy atom. The molecular weight excluding hydrogens is 475 g/mol. The zero-order valence-electron chi connectivity index (χ0n) is 17.5. The summed E-state index contributed by atoms with van der Waals surface area (Å²) in [7, 11) is 0. The number of fused-ring (bicyclic) bond motifs is 1. The van der Waals surface area contributed by atoms with Crippen molar-refractivity contribution >= 4 is 34.4 Å². The number of aromatic nitrogens is 3. The van der Waals surface area contributed by atoms with Gasteiger partial charge in [-0.2, -0.15) is 4.98 Å². The van der Waals surface area contributed by atoms with Crippen molar-refractivity contribution in [2.75, 3.05) is 12.3 Å². The number of aliphatic hydroxyl groups is 3. The van der Waals surface area contributed by atoms with Gasteiger partial charge in [-0.1, -0.05) is 30.3 Å². The van der Waals surface area contributed by atoms with Gasteiger partial charge in [0.05, 0.1) is 12.0 Å². The van der Waals surface area contributed by atoms with Gasteiger partial charge in [0, 0.05) is 12.6 Å². The van der Waals surface area contributed by atoms with E-state index < -0.39 is 55.5 Å². The van der Waals surface area contributed by atoms with Crippen molar-refractivity contribution in [3.8, 4) is 0 Å². The first-order valence-electron chi connectivity index (χ1n) is 10.2. The fourth-order valence-electron chi connectivity index (χ4n) is 3.89. The molecule has 0 radical (unpaired) electrons. The molecular formula is C21H22ClFN4O7. The number of rotatable bonds is 8. The number of carboxylic acids is 1. The fraction of sp³-hybridized carbons (Fsp3) is 0.381. The van der Waals surface area contributed by atoms with Crippen LogP contribution in [0.3, 0.4) is 0 Å². The summed E-state index contributed by atoms with van der Waals surface area (Å²) in [6.07, 6.45) is -7.74. The van der Waals surface area contributed by atoms with E-state index in [0.717, 1.165) is 0 Å². The Morgan fingerprint density at radius 2 is 2.00 bits per heavy atom. The van der Waals surface area contributed by atoms with E-state index in [2.05, 4.69) is 9.97 Å². The maximum Gasteiger partial charge on any atom is 0.341 e. The third-order valence-corrected chi connectivity index (χ3v) is 5.90. The molecule has 1 aromatic carbocycles. The number of nitrogen functional groups attached to an aromatic ring is 1. The van der Waals surface area contributed by atoms with Crippen molar-refractivity contribution < 1.29 is 39.1 Å². The Hall–Kier alpha value is -2.87. The Morgan fingerprint density at radius 1 is 1.29 bits per heavy atom. The van der Waals surface area contributed by atoms with Crippen molar-refractivity contribution in [1.29, 1.82) is 0 Å². The number of halogens is 2. The van der Waals surface area contributed by atoms with Crippen LogP contribution in [0, 0.1) is 0 Å². The molecule has 1 aliphatic heterocycles. The molecule has 0 saturated carbocycles. The Bertz CT molecular complexity index is 1180. The van der Waals surface area contributed by atoms with Gasteiger partial charge in [0.1, 0.15) is 23.7 Å². The lowest BCUT2D eigenvalue weighted by molar-refractivity contribution is -0.231. The number of alkyl halides is 1. The fourth-order valence-corrected chi connectivity index (χ4v) is 4.07. The van der Waals surface area contributed by atoms with Gasteiger partial charge < -0.3 is 40.2 Å². The van der Waals surface area contributed by atoms with Crippen molar-refractivity contribution in [2.24, 2.45) is 0 Å². The molecule has 11 nitrogen and oxygen atoms in total. The van der Waals surface area contributed by atoms with E-state index in [1.54, 1.807) is 30.3 Å². The summed E-state index contributed by atoms with van der Waals surface area (Å²) in [5.74, 6) is -1.57. The Balaban J connectivity index is 1.56. The quantitative estimate of drug-likeness (QED) is 0.220. The minimum atomic E-state index is -2.48. The first-order valence-corrected chi connectivity index (χ1v) is 10.6. The molecule has 5 atom stereocenters. The summed E-state index contributed by atoms with van der Waals surface area (Å²) >= 11 is 5.86. The van der Waals surface area contributed by atoms with Crippen LogP contribution in [0.25, 0.3) is 11.0 Å². The minimum absolute atomic E-state index is 0.0756. The van der Waals surface area contributed by atoms with E-state index in [1.807, 2.05) is 0 Å². The predicted octanol–water partition coefficient (Wildman–Crippen LogP) is 0.657. The summed E-state index contributed by atoms with van der Waals surface area (Å²) in [5, 5.41) is 40.2. The molecule has 6 N–H and O–H groups in total. The van der Waals surface area contributed by atoms with Gasteiger partial charge in [-0.3, -0.25) is 0 Å². The monoisotopic (exact) mass is 496 g/mol. The van der Waals surface area contributed by atoms with Gasteiger partial charge in [-0.05, 0) is 23.2 Å². The molecule has 4 rings (SSSR count). The van der Waals surface area contributed by atoms with Crippen molar-refractivity contribution in [1.82, 2.24) is 14.5 Å². The summed E-state index contributed by atoms with van der Waals surface area (Å²) in [4.78, 5) is 19.9. The van der Waals surface area contributed by atoms with Crippen molar-refractivity contribution in [2.45, 2.75) is 42.9 Å². The van der Waals surface area contributed by atoms with Gasteiger partial charge in [0.2, 0.25) is 10.9 Å². The third-order valence-electron chi connectivity index (χ3n) is 5.74. The first-order chi connectivity index (χ1) is 16.1. The van der Waals surface area contributed by atoms with Gasteiger partial charge in [-0.15, -0.1) is 0 Å². The molecule has 13 heteroatoms. The molecule has 3 heterocycles. The highest BCUT2D eigenvalue weighted by Gasteiger charge is 2.51.